The van der Waals surface area contributed by atoms with E-state index >= 15 is 0 Å². The van der Waals surface area contributed by atoms with E-state index in [0.29, 0.717) is 18.3 Å². The van der Waals surface area contributed by atoms with E-state index in [2.05, 4.69) is 40.1 Å². The maximum atomic E-state index is 11.9. The summed E-state index contributed by atoms with van der Waals surface area (Å²) in [6, 6.07) is 0. The van der Waals surface area contributed by atoms with Gasteiger partial charge in [-0.15, -0.1) is 0 Å². The van der Waals surface area contributed by atoms with E-state index < -0.39 is 0 Å². The summed E-state index contributed by atoms with van der Waals surface area (Å²) in [5, 5.41) is 4.20. The Kier molecular flexibility index (Phi) is 11.1. The summed E-state index contributed by atoms with van der Waals surface area (Å²) in [6.07, 6.45) is 14.0. The molecule has 4 nitrogen and oxygen atoms in total. The van der Waals surface area contributed by atoms with Gasteiger partial charge in [-0.1, -0.05) is 70.4 Å². The molecule has 1 saturated carbocycles. The Morgan fingerprint density at radius 1 is 1.04 bits per heavy atom. The van der Waals surface area contributed by atoms with Crippen molar-refractivity contribution in [1.29, 1.82) is 0 Å². The summed E-state index contributed by atoms with van der Waals surface area (Å²) in [5.41, 5.74) is 1.07. The van der Waals surface area contributed by atoms with Crippen LogP contribution < -0.4 is 0 Å². The van der Waals surface area contributed by atoms with Gasteiger partial charge in [-0.2, -0.15) is 0 Å². The predicted molar refractivity (Wildman–Crippen MR) is 110 cm³/mol. The molecule has 0 heterocycles. The zero-order chi connectivity index (χ0) is 19.4. The van der Waals surface area contributed by atoms with Crippen LogP contribution in [-0.4, -0.2) is 43.9 Å². The molecule has 0 aliphatic heterocycles. The fourth-order valence-electron chi connectivity index (χ4n) is 3.99. The van der Waals surface area contributed by atoms with Crippen molar-refractivity contribution >= 4 is 11.7 Å². The van der Waals surface area contributed by atoms with Crippen LogP contribution in [0.4, 0.5) is 0 Å². The first kappa shape index (κ1) is 23.1. The predicted octanol–water partition coefficient (Wildman–Crippen LogP) is 5.56. The van der Waals surface area contributed by atoms with E-state index in [4.69, 9.17) is 4.84 Å². The number of carbonyl (C=O) groups excluding carboxylic acids is 1. The summed E-state index contributed by atoms with van der Waals surface area (Å²) in [7, 11) is 6.68. The average molecular weight is 368 g/mol. The van der Waals surface area contributed by atoms with Crippen molar-refractivity contribution in [1.82, 2.24) is 0 Å². The number of unbranched alkanes of at least 4 members (excludes halogenated alkanes) is 8. The molecule has 0 N–H and O–H groups in total. The largest absolute Gasteiger partial charge is 0.335 e. The Morgan fingerprint density at radius 3 is 2.19 bits per heavy atom. The maximum absolute atomic E-state index is 11.9. The van der Waals surface area contributed by atoms with Gasteiger partial charge in [-0.3, -0.25) is 0 Å². The summed E-state index contributed by atoms with van der Waals surface area (Å²) < 4.78 is 0.975. The third-order valence-electron chi connectivity index (χ3n) is 5.31. The highest BCUT2D eigenvalue weighted by Gasteiger charge is 2.31. The van der Waals surface area contributed by atoms with E-state index in [-0.39, 0.29) is 5.97 Å². The molecule has 0 amide bonds. The van der Waals surface area contributed by atoms with Crippen LogP contribution in [0.1, 0.15) is 90.9 Å². The molecule has 26 heavy (non-hydrogen) atoms. The molecular formula is C22H43N2O2+. The van der Waals surface area contributed by atoms with Gasteiger partial charge in [0.2, 0.25) is 0 Å². The second kappa shape index (κ2) is 12.5. The van der Waals surface area contributed by atoms with Crippen molar-refractivity contribution in [2.45, 2.75) is 90.9 Å². The molecule has 1 aliphatic rings. The van der Waals surface area contributed by atoms with Gasteiger partial charge in [0.1, 0.15) is 0 Å². The minimum absolute atomic E-state index is 0.164. The lowest BCUT2D eigenvalue weighted by atomic mass is 10.1. The number of nitrogens with zero attached hydrogens (tertiary/aromatic N) is 2. The number of quaternary nitrogens is 1. The SMILES string of the molecule is CCCCCCCCCCCC(=O)O/N=C1/C[C@@H](C[N+](C)(C)C)C[C@H]1C. The van der Waals surface area contributed by atoms with Crippen molar-refractivity contribution in [3.63, 3.8) is 0 Å². The number of hydrogen-bond acceptors (Lipinski definition) is 3. The molecule has 1 aliphatic carbocycles. The Hall–Kier alpha value is -0.900. The Balaban J connectivity index is 2.11. The Labute approximate surface area is 161 Å². The zero-order valence-electron chi connectivity index (χ0n) is 18.1. The number of rotatable bonds is 13. The highest BCUT2D eigenvalue weighted by atomic mass is 16.7. The van der Waals surface area contributed by atoms with Gasteiger partial charge in [0.15, 0.2) is 0 Å². The fourth-order valence-corrected chi connectivity index (χ4v) is 3.99. The molecule has 152 valence electrons. The third kappa shape index (κ3) is 10.9. The first-order chi connectivity index (χ1) is 12.3. The van der Waals surface area contributed by atoms with E-state index in [1.807, 2.05) is 0 Å². The lowest BCUT2D eigenvalue weighted by molar-refractivity contribution is -0.873. The molecule has 0 aromatic heterocycles. The molecule has 0 unspecified atom stereocenters. The normalized spacial score (nSPS) is 22.1. The monoisotopic (exact) mass is 367 g/mol. The van der Waals surface area contributed by atoms with Crippen LogP contribution in [0.5, 0.6) is 0 Å². The fraction of sp³-hybridized carbons (Fsp3) is 0.909. The van der Waals surface area contributed by atoms with Crippen molar-refractivity contribution in [2.75, 3.05) is 27.7 Å². The first-order valence-electron chi connectivity index (χ1n) is 10.9. The summed E-state index contributed by atoms with van der Waals surface area (Å²) in [5.74, 6) is 0.925. The molecule has 0 saturated heterocycles. The van der Waals surface area contributed by atoms with Gasteiger partial charge < -0.3 is 9.32 Å². The highest BCUT2D eigenvalue weighted by Crippen LogP contribution is 2.30. The van der Waals surface area contributed by atoms with Crippen LogP contribution in [0.25, 0.3) is 0 Å². The summed E-state index contributed by atoms with van der Waals surface area (Å²) >= 11 is 0. The van der Waals surface area contributed by atoms with Crippen LogP contribution in [0.2, 0.25) is 0 Å². The third-order valence-corrected chi connectivity index (χ3v) is 5.31. The molecule has 0 aromatic rings. The first-order valence-corrected chi connectivity index (χ1v) is 10.9. The van der Waals surface area contributed by atoms with Crippen molar-refractivity contribution in [3.8, 4) is 0 Å². The van der Waals surface area contributed by atoms with Crippen LogP contribution in [0, 0.1) is 11.8 Å². The van der Waals surface area contributed by atoms with Crippen LogP contribution in [-0.2, 0) is 9.63 Å². The lowest BCUT2D eigenvalue weighted by Crippen LogP contribution is -2.38. The second-order valence-electron chi connectivity index (χ2n) is 9.30. The van der Waals surface area contributed by atoms with Crippen molar-refractivity contribution in [3.05, 3.63) is 0 Å². The summed E-state index contributed by atoms with van der Waals surface area (Å²) in [6.45, 7) is 5.60. The molecule has 0 radical (unpaired) electrons. The Bertz CT molecular complexity index is 426. The van der Waals surface area contributed by atoms with Gasteiger partial charge in [-0.25, -0.2) is 4.79 Å². The summed E-state index contributed by atoms with van der Waals surface area (Å²) in [4.78, 5) is 17.1. The topological polar surface area (TPSA) is 38.7 Å². The van der Waals surface area contributed by atoms with Gasteiger partial charge in [0.25, 0.3) is 0 Å². The van der Waals surface area contributed by atoms with E-state index in [1.165, 1.54) is 44.9 Å². The molecule has 1 fully saturated rings. The Morgan fingerprint density at radius 2 is 1.62 bits per heavy atom. The minimum Gasteiger partial charge on any atom is -0.331 e. The molecule has 0 spiro atoms. The molecule has 1 rings (SSSR count). The van der Waals surface area contributed by atoms with Gasteiger partial charge in [0.05, 0.1) is 33.4 Å². The van der Waals surface area contributed by atoms with E-state index in [9.17, 15) is 4.79 Å². The number of hydrogen-bond donors (Lipinski definition) is 0. The van der Waals surface area contributed by atoms with Crippen molar-refractivity contribution in [2.24, 2.45) is 17.0 Å². The van der Waals surface area contributed by atoms with Gasteiger partial charge >= 0.3 is 5.97 Å². The van der Waals surface area contributed by atoms with E-state index in [0.717, 1.165) is 42.4 Å². The molecule has 0 bridgehead atoms. The van der Waals surface area contributed by atoms with Crippen molar-refractivity contribution < 1.29 is 14.1 Å². The van der Waals surface area contributed by atoms with Gasteiger partial charge in [-0.05, 0) is 25.2 Å². The smallest absolute Gasteiger partial charge is 0.331 e. The molecule has 4 heteroatoms. The molecule has 2 atom stereocenters. The molecule has 0 aromatic carbocycles. The quantitative estimate of drug-likeness (QED) is 0.185. The zero-order valence-corrected chi connectivity index (χ0v) is 18.1. The molecular weight excluding hydrogens is 324 g/mol. The number of carbonyl (C=O) groups is 1. The number of oxime groups is 1. The lowest BCUT2D eigenvalue weighted by Gasteiger charge is -2.27. The second-order valence-corrected chi connectivity index (χ2v) is 9.30. The standard InChI is InChI=1S/C22H43N2O2/c1-6-7-8-9-10-11-12-13-14-15-22(25)26-23-21-17-20(16-19(21)2)18-24(3,4)5/h19-20H,6-18H2,1-5H3/q+1/b23-21-/t19-,20+/m1/s1. The van der Waals surface area contributed by atoms with Gasteiger partial charge in [0, 0.05) is 12.3 Å². The van der Waals surface area contributed by atoms with Crippen LogP contribution in [0.3, 0.4) is 0 Å². The van der Waals surface area contributed by atoms with Crippen LogP contribution >= 0.6 is 0 Å². The van der Waals surface area contributed by atoms with Crippen LogP contribution in [0.15, 0.2) is 5.16 Å². The van der Waals surface area contributed by atoms with E-state index in [1.54, 1.807) is 0 Å². The minimum atomic E-state index is -0.164. The maximum Gasteiger partial charge on any atom is 0.335 e. The highest BCUT2D eigenvalue weighted by molar-refractivity contribution is 5.88. The average Bonchev–Trinajstić information content (AvgIpc) is 2.88.